The Bertz CT molecular complexity index is 1640. The van der Waals surface area contributed by atoms with E-state index in [0.717, 1.165) is 12.5 Å². The van der Waals surface area contributed by atoms with Crippen molar-refractivity contribution in [3.63, 3.8) is 0 Å². The summed E-state index contributed by atoms with van der Waals surface area (Å²) in [5.74, 6) is -7.76. The van der Waals surface area contributed by atoms with Gasteiger partial charge >= 0.3 is 0 Å². The van der Waals surface area contributed by atoms with Gasteiger partial charge in [0, 0.05) is 29.9 Å². The van der Waals surface area contributed by atoms with E-state index >= 15 is 0 Å². The van der Waals surface area contributed by atoms with Crippen LogP contribution in [0.5, 0.6) is 0 Å². The molecule has 2 aliphatic heterocycles. The summed E-state index contributed by atoms with van der Waals surface area (Å²) in [6.45, 7) is 3.63. The lowest BCUT2D eigenvalue weighted by Crippen LogP contribution is -2.61. The smallest absolute Gasteiger partial charge is 0.255 e. The molecule has 2 saturated heterocycles. The highest BCUT2D eigenvalue weighted by molar-refractivity contribution is 7.92. The molecule has 0 radical (unpaired) electrons. The summed E-state index contributed by atoms with van der Waals surface area (Å²) in [6.07, 6.45) is 0.222. The zero-order valence-corrected chi connectivity index (χ0v) is 26.6. The maximum Gasteiger partial charge on any atom is 0.255 e. The standard InChI is InChI=1S/C31H34ClF3N2O8S/c1-30(2)44-23-13-43-27(26(23)45-30)29(39)36-14-31(40)16-4-3-5-17(31)10-19(9-16)46(41,42)24-8-15(6-7-20(24)32)28(38)37-18-11-21(33)25(35)22(34)12-18/h6-8,11-12,16-17,19,23,26-27,40H,3-5,9-10,13-14H2,1-2H3,(H,36,39)(H,37,38)/t16?,17?,19-,23-,26-,27-,31-/m0/s1. The Morgan fingerprint density at radius 3 is 2.35 bits per heavy atom. The highest BCUT2D eigenvalue weighted by Gasteiger charge is 2.55. The normalized spacial score (nSPS) is 31.7. The van der Waals surface area contributed by atoms with Crippen LogP contribution in [0.1, 0.15) is 56.3 Å². The first-order valence-corrected chi connectivity index (χ1v) is 17.0. The van der Waals surface area contributed by atoms with Crippen molar-refractivity contribution >= 4 is 38.9 Å². The van der Waals surface area contributed by atoms with Crippen molar-refractivity contribution in [2.24, 2.45) is 11.8 Å². The summed E-state index contributed by atoms with van der Waals surface area (Å²) in [6, 6.07) is 4.78. The maximum absolute atomic E-state index is 14.0. The van der Waals surface area contributed by atoms with Crippen LogP contribution in [0.4, 0.5) is 18.9 Å². The number of halogens is 4. The van der Waals surface area contributed by atoms with Gasteiger partial charge in [-0.15, -0.1) is 0 Å². The fraction of sp³-hybridized carbons (Fsp3) is 0.548. The quantitative estimate of drug-likeness (QED) is 0.370. The van der Waals surface area contributed by atoms with Gasteiger partial charge in [0.2, 0.25) is 0 Å². The Hall–Kier alpha value is -2.75. The summed E-state index contributed by atoms with van der Waals surface area (Å²) < 4.78 is 85.8. The first-order valence-electron chi connectivity index (χ1n) is 15.1. The molecule has 2 aromatic carbocycles. The second-order valence-corrected chi connectivity index (χ2v) is 15.5. The lowest BCUT2D eigenvalue weighted by molar-refractivity contribution is -0.179. The molecule has 2 heterocycles. The molecule has 0 aromatic heterocycles. The van der Waals surface area contributed by atoms with Crippen LogP contribution in [0.15, 0.2) is 35.2 Å². The number of carbonyl (C=O) groups is 2. The minimum absolute atomic E-state index is 0.0869. The molecule has 2 unspecified atom stereocenters. The van der Waals surface area contributed by atoms with Crippen LogP contribution >= 0.6 is 11.6 Å². The zero-order chi connectivity index (χ0) is 33.2. The number of hydrogen-bond acceptors (Lipinski definition) is 8. The molecule has 250 valence electrons. The molecule has 5 atom stereocenters. The molecule has 0 spiro atoms. The van der Waals surface area contributed by atoms with Crippen molar-refractivity contribution in [1.82, 2.24) is 5.32 Å². The first-order chi connectivity index (χ1) is 21.6. The highest BCUT2D eigenvalue weighted by atomic mass is 35.5. The van der Waals surface area contributed by atoms with Crippen molar-refractivity contribution < 1.29 is 50.5 Å². The fourth-order valence-corrected chi connectivity index (χ4v) is 9.73. The van der Waals surface area contributed by atoms with Gasteiger partial charge in [-0.25, -0.2) is 21.6 Å². The van der Waals surface area contributed by atoms with Crippen LogP contribution in [0.25, 0.3) is 0 Å². The minimum atomic E-state index is -4.13. The van der Waals surface area contributed by atoms with E-state index in [2.05, 4.69) is 10.6 Å². The SMILES string of the molecule is CC1(C)O[C@H]2[C@H](CO[C@@H]2C(=O)NC[C@]2(O)C3CCCC2C[C@@H](S(=O)(=O)c2cc(C(=O)Nc4cc(F)c(F)c(F)c4)ccc2Cl)C3)O1. The van der Waals surface area contributed by atoms with Gasteiger partial charge in [-0.1, -0.05) is 18.0 Å². The summed E-state index contributed by atoms with van der Waals surface area (Å²) in [5.41, 5.74) is -1.87. The third-order valence-electron chi connectivity index (χ3n) is 9.56. The fourth-order valence-electron chi connectivity index (χ4n) is 7.33. The molecule has 15 heteroatoms. The third-order valence-corrected chi connectivity index (χ3v) is 12.2. The van der Waals surface area contributed by atoms with Crippen molar-refractivity contribution in [1.29, 1.82) is 0 Å². The molecule has 3 N–H and O–H groups in total. The Kier molecular flexibility index (Phi) is 8.68. The molecule has 2 aromatic rings. The van der Waals surface area contributed by atoms with E-state index in [1.807, 2.05) is 0 Å². The van der Waals surface area contributed by atoms with E-state index in [9.17, 15) is 36.3 Å². The van der Waals surface area contributed by atoms with Gasteiger partial charge in [-0.05, 0) is 69.6 Å². The molecular formula is C31H34ClF3N2O8S. The summed E-state index contributed by atoms with van der Waals surface area (Å²) in [7, 11) is -4.13. The summed E-state index contributed by atoms with van der Waals surface area (Å²) in [4.78, 5) is 25.7. The molecule has 10 nitrogen and oxygen atoms in total. The number of hydrogen-bond donors (Lipinski definition) is 3. The second kappa shape index (κ2) is 12.0. The van der Waals surface area contributed by atoms with Crippen molar-refractivity contribution in [3.05, 3.63) is 58.4 Å². The van der Waals surface area contributed by atoms with Crippen LogP contribution < -0.4 is 10.6 Å². The second-order valence-electron chi connectivity index (χ2n) is 12.9. The minimum Gasteiger partial charge on any atom is -0.387 e. The van der Waals surface area contributed by atoms with E-state index < -0.39 is 79.8 Å². The number of rotatable bonds is 7. The van der Waals surface area contributed by atoms with Crippen LogP contribution in [-0.2, 0) is 28.8 Å². The molecule has 2 aliphatic carbocycles. The largest absolute Gasteiger partial charge is 0.387 e. The van der Waals surface area contributed by atoms with E-state index in [0.29, 0.717) is 25.0 Å². The Morgan fingerprint density at radius 1 is 1.04 bits per heavy atom. The lowest BCUT2D eigenvalue weighted by atomic mass is 9.61. The van der Waals surface area contributed by atoms with Gasteiger partial charge in [-0.2, -0.15) is 0 Å². The predicted molar refractivity (Wildman–Crippen MR) is 158 cm³/mol. The number of anilines is 1. The number of nitrogens with one attached hydrogen (secondary N) is 2. The van der Waals surface area contributed by atoms with E-state index in [1.165, 1.54) is 12.1 Å². The molecular weight excluding hydrogens is 653 g/mol. The predicted octanol–water partition coefficient (Wildman–Crippen LogP) is 4.13. The molecule has 4 fully saturated rings. The summed E-state index contributed by atoms with van der Waals surface area (Å²) in [5, 5.41) is 15.9. The topological polar surface area (TPSA) is 140 Å². The monoisotopic (exact) mass is 686 g/mol. The molecule has 6 rings (SSSR count). The van der Waals surface area contributed by atoms with E-state index in [4.69, 9.17) is 25.8 Å². The molecule has 2 saturated carbocycles. The number of sulfone groups is 1. The summed E-state index contributed by atoms with van der Waals surface area (Å²) >= 11 is 6.32. The van der Waals surface area contributed by atoms with Gasteiger partial charge in [0.15, 0.2) is 39.2 Å². The van der Waals surface area contributed by atoms with Gasteiger partial charge < -0.3 is 30.0 Å². The Labute approximate surface area is 268 Å². The van der Waals surface area contributed by atoms with Gasteiger partial charge in [-0.3, -0.25) is 9.59 Å². The van der Waals surface area contributed by atoms with Crippen LogP contribution in [-0.4, -0.2) is 73.4 Å². The zero-order valence-electron chi connectivity index (χ0n) is 25.0. The van der Waals surface area contributed by atoms with E-state index in [1.54, 1.807) is 13.8 Å². The molecule has 2 bridgehead atoms. The van der Waals surface area contributed by atoms with Gasteiger partial charge in [0.05, 0.1) is 27.4 Å². The average molecular weight is 687 g/mol. The maximum atomic E-state index is 14.0. The van der Waals surface area contributed by atoms with Crippen molar-refractivity contribution in [2.45, 2.75) is 85.8 Å². The number of fused-ring (bicyclic) bond motifs is 3. The third kappa shape index (κ3) is 6.03. The Balaban J connectivity index is 1.15. The first kappa shape index (κ1) is 33.2. The van der Waals surface area contributed by atoms with Gasteiger partial charge in [0.1, 0.15) is 12.2 Å². The van der Waals surface area contributed by atoms with Crippen LogP contribution in [0, 0.1) is 29.3 Å². The highest BCUT2D eigenvalue weighted by Crippen LogP contribution is 2.50. The van der Waals surface area contributed by atoms with Crippen molar-refractivity contribution in [2.75, 3.05) is 18.5 Å². The number of aliphatic hydroxyl groups is 1. The number of amides is 2. The molecule has 2 amide bonds. The number of ether oxygens (including phenoxy) is 3. The lowest BCUT2D eigenvalue weighted by Gasteiger charge is -2.51. The van der Waals surface area contributed by atoms with E-state index in [-0.39, 0.29) is 53.3 Å². The Morgan fingerprint density at radius 2 is 1.70 bits per heavy atom. The van der Waals surface area contributed by atoms with Gasteiger partial charge in [0.25, 0.3) is 11.8 Å². The van der Waals surface area contributed by atoms with Crippen molar-refractivity contribution in [3.8, 4) is 0 Å². The number of carbonyl (C=O) groups excluding carboxylic acids is 2. The van der Waals surface area contributed by atoms with Crippen LogP contribution in [0.2, 0.25) is 5.02 Å². The van der Waals surface area contributed by atoms with Crippen LogP contribution in [0.3, 0.4) is 0 Å². The molecule has 4 aliphatic rings. The molecule has 46 heavy (non-hydrogen) atoms. The average Bonchev–Trinajstić information content (AvgIpc) is 3.49. The number of benzene rings is 2.